The SMILES string of the molecule is COCC(=O)NC1CCCCC1C(F)(F)F. The van der Waals surface area contributed by atoms with E-state index in [4.69, 9.17) is 0 Å². The molecule has 0 aromatic carbocycles. The van der Waals surface area contributed by atoms with E-state index in [1.807, 2.05) is 0 Å². The second-order valence-electron chi connectivity index (χ2n) is 4.04. The lowest BCUT2D eigenvalue weighted by Crippen LogP contribution is -2.48. The van der Waals surface area contributed by atoms with Gasteiger partial charge in [0.15, 0.2) is 0 Å². The molecule has 0 bridgehead atoms. The van der Waals surface area contributed by atoms with Crippen LogP contribution in [0.4, 0.5) is 13.2 Å². The van der Waals surface area contributed by atoms with Crippen LogP contribution in [-0.4, -0.2) is 31.8 Å². The molecule has 1 saturated carbocycles. The largest absolute Gasteiger partial charge is 0.393 e. The molecular weight excluding hydrogens is 223 g/mol. The lowest BCUT2D eigenvalue weighted by molar-refractivity contribution is -0.189. The highest BCUT2D eigenvalue weighted by Gasteiger charge is 2.45. The summed E-state index contributed by atoms with van der Waals surface area (Å²) in [6.45, 7) is -0.193. The van der Waals surface area contributed by atoms with Gasteiger partial charge in [-0.25, -0.2) is 0 Å². The molecule has 6 heteroatoms. The first-order valence-corrected chi connectivity index (χ1v) is 5.30. The van der Waals surface area contributed by atoms with Crippen LogP contribution in [0.2, 0.25) is 0 Å². The first-order valence-electron chi connectivity index (χ1n) is 5.30. The Labute approximate surface area is 92.3 Å². The van der Waals surface area contributed by atoms with Crippen molar-refractivity contribution in [1.82, 2.24) is 5.32 Å². The van der Waals surface area contributed by atoms with Crippen LogP contribution < -0.4 is 5.32 Å². The highest BCUT2D eigenvalue weighted by Crippen LogP contribution is 2.37. The van der Waals surface area contributed by atoms with E-state index in [-0.39, 0.29) is 13.0 Å². The second-order valence-corrected chi connectivity index (χ2v) is 4.04. The van der Waals surface area contributed by atoms with Gasteiger partial charge in [-0.1, -0.05) is 12.8 Å². The fourth-order valence-electron chi connectivity index (χ4n) is 2.07. The van der Waals surface area contributed by atoms with Crippen molar-refractivity contribution in [3.63, 3.8) is 0 Å². The van der Waals surface area contributed by atoms with Gasteiger partial charge < -0.3 is 10.1 Å². The van der Waals surface area contributed by atoms with Crippen molar-refractivity contribution in [1.29, 1.82) is 0 Å². The van der Waals surface area contributed by atoms with Crippen LogP contribution in [0.3, 0.4) is 0 Å². The Balaban J connectivity index is 2.57. The normalized spacial score (nSPS) is 26.5. The van der Waals surface area contributed by atoms with E-state index in [1.165, 1.54) is 7.11 Å². The Hall–Kier alpha value is -0.780. The van der Waals surface area contributed by atoms with E-state index in [2.05, 4.69) is 10.1 Å². The summed E-state index contributed by atoms with van der Waals surface area (Å²) < 4.78 is 42.5. The zero-order valence-electron chi connectivity index (χ0n) is 9.14. The number of ether oxygens (including phenoxy) is 1. The van der Waals surface area contributed by atoms with Crippen LogP contribution in [0.1, 0.15) is 25.7 Å². The number of halogens is 3. The topological polar surface area (TPSA) is 38.3 Å². The molecule has 1 rings (SSSR count). The smallest absolute Gasteiger partial charge is 0.375 e. The molecule has 0 saturated heterocycles. The Kier molecular flexibility index (Phi) is 4.58. The number of rotatable bonds is 3. The van der Waals surface area contributed by atoms with Crippen LogP contribution in [0.15, 0.2) is 0 Å². The van der Waals surface area contributed by atoms with Gasteiger partial charge in [-0.15, -0.1) is 0 Å². The minimum absolute atomic E-state index is 0.0986. The summed E-state index contributed by atoms with van der Waals surface area (Å²) in [5.74, 6) is -1.90. The van der Waals surface area contributed by atoms with Crippen molar-refractivity contribution in [2.24, 2.45) is 5.92 Å². The summed E-state index contributed by atoms with van der Waals surface area (Å²) in [7, 11) is 1.34. The average molecular weight is 239 g/mol. The van der Waals surface area contributed by atoms with Crippen LogP contribution in [0, 0.1) is 5.92 Å². The number of hydrogen-bond acceptors (Lipinski definition) is 2. The maximum absolute atomic E-state index is 12.6. The standard InChI is InChI=1S/C10H16F3NO2/c1-16-6-9(15)14-8-5-3-2-4-7(8)10(11,12)13/h7-8H,2-6H2,1H3,(H,14,15). The van der Waals surface area contributed by atoms with Gasteiger partial charge in [-0.2, -0.15) is 13.2 Å². The predicted molar refractivity (Wildman–Crippen MR) is 51.8 cm³/mol. The first-order chi connectivity index (χ1) is 7.45. The number of amides is 1. The molecule has 2 atom stereocenters. The molecule has 1 N–H and O–H groups in total. The van der Waals surface area contributed by atoms with Gasteiger partial charge in [0, 0.05) is 13.2 Å². The highest BCUT2D eigenvalue weighted by molar-refractivity contribution is 5.77. The lowest BCUT2D eigenvalue weighted by Gasteiger charge is -2.33. The Morgan fingerprint density at radius 3 is 2.56 bits per heavy atom. The molecule has 1 aliphatic carbocycles. The summed E-state index contributed by atoms with van der Waals surface area (Å²) in [5.41, 5.74) is 0. The molecule has 0 aromatic rings. The molecular formula is C10H16F3NO2. The Bertz CT molecular complexity index is 243. The summed E-state index contributed by atoms with van der Waals surface area (Å²) in [6, 6.07) is -0.795. The first kappa shape index (κ1) is 13.3. The summed E-state index contributed by atoms with van der Waals surface area (Å²) in [4.78, 5) is 11.2. The van der Waals surface area contributed by atoms with Crippen LogP contribution in [0.5, 0.6) is 0 Å². The molecule has 3 nitrogen and oxygen atoms in total. The third kappa shape index (κ3) is 3.66. The molecule has 0 spiro atoms. The van der Waals surface area contributed by atoms with Crippen molar-refractivity contribution >= 4 is 5.91 Å². The number of carbonyl (C=O) groups is 1. The van der Waals surface area contributed by atoms with Crippen molar-refractivity contribution < 1.29 is 22.7 Å². The van der Waals surface area contributed by atoms with Gasteiger partial charge in [-0.05, 0) is 12.8 Å². The third-order valence-corrected chi connectivity index (χ3v) is 2.81. The maximum Gasteiger partial charge on any atom is 0.393 e. The number of methoxy groups -OCH3 is 1. The minimum atomic E-state index is -4.23. The average Bonchev–Trinajstić information content (AvgIpc) is 2.17. The summed E-state index contributed by atoms with van der Waals surface area (Å²) in [5, 5.41) is 2.39. The van der Waals surface area contributed by atoms with Gasteiger partial charge in [0.1, 0.15) is 6.61 Å². The zero-order valence-corrected chi connectivity index (χ0v) is 9.14. The molecule has 1 aliphatic rings. The summed E-state index contributed by atoms with van der Waals surface area (Å²) >= 11 is 0. The molecule has 1 fully saturated rings. The third-order valence-electron chi connectivity index (χ3n) is 2.81. The van der Waals surface area contributed by atoms with Crippen molar-refractivity contribution in [3.05, 3.63) is 0 Å². The number of alkyl halides is 3. The highest BCUT2D eigenvalue weighted by atomic mass is 19.4. The van der Waals surface area contributed by atoms with E-state index in [1.54, 1.807) is 0 Å². The zero-order chi connectivity index (χ0) is 12.2. The molecule has 0 aliphatic heterocycles. The van der Waals surface area contributed by atoms with Crippen LogP contribution in [0.25, 0.3) is 0 Å². The van der Waals surface area contributed by atoms with E-state index in [0.717, 1.165) is 6.42 Å². The molecule has 0 aromatic heterocycles. The van der Waals surface area contributed by atoms with Gasteiger partial charge >= 0.3 is 6.18 Å². The quantitative estimate of drug-likeness (QED) is 0.816. The second kappa shape index (κ2) is 5.52. The van der Waals surface area contributed by atoms with E-state index < -0.39 is 24.0 Å². The molecule has 0 heterocycles. The molecule has 94 valence electrons. The molecule has 16 heavy (non-hydrogen) atoms. The van der Waals surface area contributed by atoms with E-state index >= 15 is 0 Å². The Morgan fingerprint density at radius 1 is 1.38 bits per heavy atom. The van der Waals surface area contributed by atoms with Crippen LogP contribution >= 0.6 is 0 Å². The van der Waals surface area contributed by atoms with Gasteiger partial charge in [-0.3, -0.25) is 4.79 Å². The van der Waals surface area contributed by atoms with Gasteiger partial charge in [0.25, 0.3) is 0 Å². The Morgan fingerprint density at radius 2 is 2.00 bits per heavy atom. The van der Waals surface area contributed by atoms with Gasteiger partial charge in [0.2, 0.25) is 5.91 Å². The van der Waals surface area contributed by atoms with Crippen molar-refractivity contribution in [2.75, 3.05) is 13.7 Å². The van der Waals surface area contributed by atoms with Crippen molar-refractivity contribution in [3.8, 4) is 0 Å². The molecule has 0 radical (unpaired) electrons. The molecule has 1 amide bonds. The minimum Gasteiger partial charge on any atom is -0.375 e. The molecule has 2 unspecified atom stereocenters. The number of nitrogens with one attached hydrogen (secondary N) is 1. The fraction of sp³-hybridized carbons (Fsp3) is 0.900. The monoisotopic (exact) mass is 239 g/mol. The van der Waals surface area contributed by atoms with E-state index in [0.29, 0.717) is 12.8 Å². The maximum atomic E-state index is 12.6. The van der Waals surface area contributed by atoms with E-state index in [9.17, 15) is 18.0 Å². The fourth-order valence-corrected chi connectivity index (χ4v) is 2.07. The lowest BCUT2D eigenvalue weighted by atomic mass is 9.84. The number of hydrogen-bond donors (Lipinski definition) is 1. The summed E-state index contributed by atoms with van der Waals surface area (Å²) in [6.07, 6.45) is -2.45. The van der Waals surface area contributed by atoms with Gasteiger partial charge in [0.05, 0.1) is 5.92 Å². The van der Waals surface area contributed by atoms with Crippen molar-refractivity contribution in [2.45, 2.75) is 37.9 Å². The van der Waals surface area contributed by atoms with Crippen LogP contribution in [-0.2, 0) is 9.53 Å². The predicted octanol–water partition coefficient (Wildman–Crippen LogP) is 1.87. The number of carbonyl (C=O) groups excluding carboxylic acids is 1.